The minimum atomic E-state index is 0.782. The maximum absolute atomic E-state index is 5.31. The van der Waals surface area contributed by atoms with Crippen LogP contribution in [0, 0.1) is 4.64 Å². The topological polar surface area (TPSA) is 28.7 Å². The van der Waals surface area contributed by atoms with Crippen LogP contribution in [0.15, 0.2) is 17.5 Å². The molecule has 2 aromatic rings. The van der Waals surface area contributed by atoms with Gasteiger partial charge in [0.25, 0.3) is 0 Å². The fourth-order valence-electron chi connectivity index (χ4n) is 1.99. The van der Waals surface area contributed by atoms with Crippen molar-refractivity contribution in [3.05, 3.63) is 33.4 Å². The molecular formula is C11H10N2S2. The Morgan fingerprint density at radius 2 is 2.33 bits per heavy atom. The zero-order chi connectivity index (χ0) is 10.3. The molecule has 0 atom stereocenters. The molecule has 0 saturated carbocycles. The summed E-state index contributed by atoms with van der Waals surface area (Å²) in [5.41, 5.74) is 2.55. The van der Waals surface area contributed by atoms with Crippen LogP contribution in [0.2, 0.25) is 0 Å². The van der Waals surface area contributed by atoms with Crippen LogP contribution in [-0.4, -0.2) is 9.97 Å². The number of hydrogen-bond acceptors (Lipinski definition) is 3. The largest absolute Gasteiger partial charge is 0.342 e. The Balaban J connectivity index is 2.20. The molecule has 0 aliphatic heterocycles. The average molecular weight is 234 g/mol. The number of hydrogen-bond donors (Lipinski definition) is 1. The molecule has 0 unspecified atom stereocenters. The summed E-state index contributed by atoms with van der Waals surface area (Å²) < 4.78 is 0.782. The summed E-state index contributed by atoms with van der Waals surface area (Å²) in [6, 6.07) is 4.10. The predicted octanol–water partition coefficient (Wildman–Crippen LogP) is 3.36. The first-order valence-corrected chi connectivity index (χ1v) is 6.29. The predicted molar refractivity (Wildman–Crippen MR) is 64.8 cm³/mol. The number of rotatable bonds is 1. The lowest BCUT2D eigenvalue weighted by molar-refractivity contribution is 0.899. The van der Waals surface area contributed by atoms with E-state index < -0.39 is 0 Å². The number of H-pyrrole nitrogens is 1. The highest BCUT2D eigenvalue weighted by molar-refractivity contribution is 7.71. The molecule has 2 heterocycles. The van der Waals surface area contributed by atoms with Crippen LogP contribution in [0.5, 0.6) is 0 Å². The summed E-state index contributed by atoms with van der Waals surface area (Å²) in [5, 5.41) is 2.06. The van der Waals surface area contributed by atoms with Gasteiger partial charge in [-0.05, 0) is 30.7 Å². The van der Waals surface area contributed by atoms with Crippen molar-refractivity contribution < 1.29 is 0 Å². The highest BCUT2D eigenvalue weighted by Gasteiger charge is 2.15. The van der Waals surface area contributed by atoms with Gasteiger partial charge < -0.3 is 4.98 Å². The maximum Gasteiger partial charge on any atom is 0.149 e. The van der Waals surface area contributed by atoms with Crippen molar-refractivity contribution in [1.82, 2.24) is 9.97 Å². The number of aromatic amines is 1. The fourth-order valence-corrected chi connectivity index (χ4v) is 2.97. The number of fused-ring (bicyclic) bond motifs is 1. The summed E-state index contributed by atoms with van der Waals surface area (Å²) >= 11 is 7.00. The minimum Gasteiger partial charge on any atom is -0.342 e. The smallest absolute Gasteiger partial charge is 0.149 e. The summed E-state index contributed by atoms with van der Waals surface area (Å²) in [4.78, 5) is 9.02. The SMILES string of the molecule is S=c1nc(-c2cccs2)[nH]c2c1CCC2. The summed E-state index contributed by atoms with van der Waals surface area (Å²) in [6.07, 6.45) is 3.40. The lowest BCUT2D eigenvalue weighted by Crippen LogP contribution is -1.95. The van der Waals surface area contributed by atoms with Gasteiger partial charge in [0.2, 0.25) is 0 Å². The van der Waals surface area contributed by atoms with Crippen LogP contribution in [0.25, 0.3) is 10.7 Å². The zero-order valence-electron chi connectivity index (χ0n) is 8.12. The van der Waals surface area contributed by atoms with E-state index in [1.54, 1.807) is 11.3 Å². The molecule has 4 heteroatoms. The highest BCUT2D eigenvalue weighted by Crippen LogP contribution is 2.26. The minimum absolute atomic E-state index is 0.782. The van der Waals surface area contributed by atoms with E-state index in [1.165, 1.54) is 17.7 Å². The zero-order valence-corrected chi connectivity index (χ0v) is 9.75. The molecule has 0 aromatic carbocycles. The Morgan fingerprint density at radius 3 is 3.13 bits per heavy atom. The van der Waals surface area contributed by atoms with E-state index in [0.717, 1.165) is 28.2 Å². The van der Waals surface area contributed by atoms with Gasteiger partial charge in [-0.2, -0.15) is 0 Å². The molecule has 0 fully saturated rings. The van der Waals surface area contributed by atoms with E-state index in [4.69, 9.17) is 12.2 Å². The van der Waals surface area contributed by atoms with Crippen molar-refractivity contribution >= 4 is 23.6 Å². The molecular weight excluding hydrogens is 224 g/mol. The first-order chi connectivity index (χ1) is 7.34. The summed E-state index contributed by atoms with van der Waals surface area (Å²) in [6.45, 7) is 0. The van der Waals surface area contributed by atoms with E-state index in [2.05, 4.69) is 21.4 Å². The van der Waals surface area contributed by atoms with Gasteiger partial charge in [-0.1, -0.05) is 18.3 Å². The van der Waals surface area contributed by atoms with Gasteiger partial charge in [0.05, 0.1) is 4.88 Å². The second kappa shape index (κ2) is 3.54. The van der Waals surface area contributed by atoms with Gasteiger partial charge in [0.1, 0.15) is 10.5 Å². The van der Waals surface area contributed by atoms with E-state index in [9.17, 15) is 0 Å². The van der Waals surface area contributed by atoms with Gasteiger partial charge in [-0.15, -0.1) is 11.3 Å². The Labute approximate surface area is 97.0 Å². The van der Waals surface area contributed by atoms with Crippen molar-refractivity contribution in [2.75, 3.05) is 0 Å². The van der Waals surface area contributed by atoms with Gasteiger partial charge in [0, 0.05) is 11.3 Å². The van der Waals surface area contributed by atoms with Gasteiger partial charge in [0.15, 0.2) is 0 Å². The van der Waals surface area contributed by atoms with Crippen LogP contribution < -0.4 is 0 Å². The number of thiophene rings is 1. The van der Waals surface area contributed by atoms with Crippen LogP contribution in [-0.2, 0) is 12.8 Å². The molecule has 0 saturated heterocycles. The summed E-state index contributed by atoms with van der Waals surface area (Å²) in [7, 11) is 0. The first kappa shape index (κ1) is 9.24. The van der Waals surface area contributed by atoms with Crippen LogP contribution >= 0.6 is 23.6 Å². The molecule has 0 spiro atoms. The molecule has 1 N–H and O–H groups in total. The van der Waals surface area contributed by atoms with E-state index in [1.807, 2.05) is 6.07 Å². The summed E-state index contributed by atoms with van der Waals surface area (Å²) in [5.74, 6) is 0.927. The maximum atomic E-state index is 5.31. The second-order valence-corrected chi connectivity index (χ2v) is 5.01. The molecule has 1 aliphatic rings. The van der Waals surface area contributed by atoms with Gasteiger partial charge in [-0.3, -0.25) is 0 Å². The van der Waals surface area contributed by atoms with Crippen molar-refractivity contribution in [2.24, 2.45) is 0 Å². The highest BCUT2D eigenvalue weighted by atomic mass is 32.1. The Morgan fingerprint density at radius 1 is 1.40 bits per heavy atom. The molecule has 0 radical (unpaired) electrons. The van der Waals surface area contributed by atoms with Crippen molar-refractivity contribution in [2.45, 2.75) is 19.3 Å². The average Bonchev–Trinajstić information content (AvgIpc) is 2.88. The standard InChI is InChI=1S/C11H10N2S2/c14-11-7-3-1-4-8(7)12-10(13-11)9-5-2-6-15-9/h2,5-6H,1,3-4H2,(H,12,13,14). The van der Waals surface area contributed by atoms with Crippen LogP contribution in [0.4, 0.5) is 0 Å². The van der Waals surface area contributed by atoms with E-state index in [0.29, 0.717) is 0 Å². The third-order valence-electron chi connectivity index (χ3n) is 2.71. The fraction of sp³-hybridized carbons (Fsp3) is 0.273. The number of aromatic nitrogens is 2. The van der Waals surface area contributed by atoms with Gasteiger partial charge >= 0.3 is 0 Å². The Bertz CT molecular complexity index is 540. The molecule has 0 bridgehead atoms. The quantitative estimate of drug-likeness (QED) is 0.766. The normalized spacial score (nSPS) is 14.1. The number of nitrogens with one attached hydrogen (secondary N) is 1. The number of nitrogens with zero attached hydrogens (tertiary/aromatic N) is 1. The van der Waals surface area contributed by atoms with E-state index in [-0.39, 0.29) is 0 Å². The molecule has 0 amide bonds. The van der Waals surface area contributed by atoms with Crippen molar-refractivity contribution in [3.8, 4) is 10.7 Å². The molecule has 2 nitrogen and oxygen atoms in total. The van der Waals surface area contributed by atoms with E-state index >= 15 is 0 Å². The lowest BCUT2D eigenvalue weighted by Gasteiger charge is -2.03. The first-order valence-electron chi connectivity index (χ1n) is 5.00. The Hall–Kier alpha value is -1.00. The van der Waals surface area contributed by atoms with Gasteiger partial charge in [-0.25, -0.2) is 4.98 Å². The molecule has 76 valence electrons. The third-order valence-corrected chi connectivity index (χ3v) is 3.93. The monoisotopic (exact) mass is 234 g/mol. The molecule has 2 aromatic heterocycles. The van der Waals surface area contributed by atoms with Crippen molar-refractivity contribution in [1.29, 1.82) is 0 Å². The molecule has 1 aliphatic carbocycles. The molecule has 3 rings (SSSR count). The molecule has 15 heavy (non-hydrogen) atoms. The van der Waals surface area contributed by atoms with Crippen molar-refractivity contribution in [3.63, 3.8) is 0 Å². The third kappa shape index (κ3) is 1.54. The van der Waals surface area contributed by atoms with Crippen LogP contribution in [0.1, 0.15) is 17.7 Å². The lowest BCUT2D eigenvalue weighted by atomic mass is 10.2. The Kier molecular flexibility index (Phi) is 2.18. The van der Waals surface area contributed by atoms with Crippen LogP contribution in [0.3, 0.4) is 0 Å². The second-order valence-electron chi connectivity index (χ2n) is 3.68. The number of aryl methyl sites for hydroxylation is 1.